The number of nitrogens with zero attached hydrogens (tertiary/aromatic N) is 3. The molecule has 1 fully saturated rings. The van der Waals surface area contributed by atoms with Gasteiger partial charge in [0.2, 0.25) is 15.9 Å². The molecule has 0 saturated carbocycles. The molecule has 1 aromatic rings. The first-order valence-corrected chi connectivity index (χ1v) is 11.7. The largest absolute Gasteiger partial charge is 0.450 e. The molecule has 29 heavy (non-hydrogen) atoms. The molecule has 0 spiro atoms. The van der Waals surface area contributed by atoms with Crippen molar-refractivity contribution in [3.8, 4) is 0 Å². The molecule has 2 rings (SSSR count). The molecule has 1 heterocycles. The van der Waals surface area contributed by atoms with Crippen LogP contribution in [0, 0.1) is 13.8 Å². The third-order valence-electron chi connectivity index (χ3n) is 4.80. The Morgan fingerprint density at radius 2 is 1.59 bits per heavy atom. The number of amides is 2. The minimum absolute atomic E-state index is 0.0256. The van der Waals surface area contributed by atoms with Crippen molar-refractivity contribution in [3.05, 3.63) is 29.3 Å². The smallest absolute Gasteiger partial charge is 0.409 e. The van der Waals surface area contributed by atoms with Gasteiger partial charge in [-0.05, 0) is 50.5 Å². The van der Waals surface area contributed by atoms with E-state index in [1.54, 1.807) is 16.7 Å². The first-order chi connectivity index (χ1) is 13.6. The zero-order valence-electron chi connectivity index (χ0n) is 17.7. The van der Waals surface area contributed by atoms with Crippen LogP contribution in [0.25, 0.3) is 0 Å². The van der Waals surface area contributed by atoms with Gasteiger partial charge < -0.3 is 14.5 Å². The highest BCUT2D eigenvalue weighted by Crippen LogP contribution is 2.22. The Morgan fingerprint density at radius 1 is 1.03 bits per heavy atom. The monoisotopic (exact) mass is 425 g/mol. The number of sulfonamides is 1. The summed E-state index contributed by atoms with van der Waals surface area (Å²) < 4.78 is 30.9. The molecular formula is C20H31N3O5S. The lowest BCUT2D eigenvalue weighted by Gasteiger charge is -2.34. The molecule has 1 aliphatic rings. The van der Waals surface area contributed by atoms with Gasteiger partial charge in [0.15, 0.2) is 0 Å². The Bertz CT molecular complexity index is 812. The molecule has 0 N–H and O–H groups in total. The van der Waals surface area contributed by atoms with Gasteiger partial charge in [0.1, 0.15) is 0 Å². The standard InChI is InChI=1S/C20H31N3O5S/c1-5-28-20(25)22-11-9-21(10-12-22)19(24)7-6-8-23(29(4,26)27)18-14-16(2)13-17(3)15-18/h13-15H,5-12H2,1-4H3. The van der Waals surface area contributed by atoms with Gasteiger partial charge in [0.05, 0.1) is 18.6 Å². The predicted octanol–water partition coefficient (Wildman–Crippen LogP) is 2.15. The number of anilines is 1. The molecule has 9 heteroatoms. The average Bonchev–Trinajstić information content (AvgIpc) is 2.63. The summed E-state index contributed by atoms with van der Waals surface area (Å²) in [6, 6.07) is 5.67. The zero-order valence-corrected chi connectivity index (χ0v) is 18.5. The Labute approximate surface area is 173 Å². The fourth-order valence-electron chi connectivity index (χ4n) is 3.47. The van der Waals surface area contributed by atoms with Gasteiger partial charge in [0.25, 0.3) is 0 Å². The molecule has 8 nitrogen and oxygen atoms in total. The maximum Gasteiger partial charge on any atom is 0.409 e. The number of ether oxygens (including phenoxy) is 1. The molecular weight excluding hydrogens is 394 g/mol. The van der Waals surface area contributed by atoms with Gasteiger partial charge in [-0.15, -0.1) is 0 Å². The van der Waals surface area contributed by atoms with Crippen LogP contribution in [0.3, 0.4) is 0 Å². The van der Waals surface area contributed by atoms with Crippen LogP contribution in [0.4, 0.5) is 10.5 Å². The number of piperazine rings is 1. The summed E-state index contributed by atoms with van der Waals surface area (Å²) in [6.07, 6.45) is 1.52. The normalized spacial score (nSPS) is 14.6. The number of benzene rings is 1. The maximum absolute atomic E-state index is 12.5. The number of carbonyl (C=O) groups is 2. The van der Waals surface area contributed by atoms with Gasteiger partial charge >= 0.3 is 6.09 Å². The van der Waals surface area contributed by atoms with Crippen LogP contribution in [0.1, 0.15) is 30.9 Å². The molecule has 0 unspecified atom stereocenters. The van der Waals surface area contributed by atoms with Crippen LogP contribution >= 0.6 is 0 Å². The summed E-state index contributed by atoms with van der Waals surface area (Å²) >= 11 is 0. The fraction of sp³-hybridized carbons (Fsp3) is 0.600. The second kappa shape index (κ2) is 9.96. The molecule has 0 atom stereocenters. The lowest BCUT2D eigenvalue weighted by atomic mass is 10.1. The van der Waals surface area contributed by atoms with Crippen LogP contribution in [0.5, 0.6) is 0 Å². The van der Waals surface area contributed by atoms with Crippen molar-refractivity contribution in [2.75, 3.05) is 49.9 Å². The van der Waals surface area contributed by atoms with Crippen LogP contribution in [-0.2, 0) is 19.6 Å². The number of carbonyl (C=O) groups excluding carboxylic acids is 2. The van der Waals surface area contributed by atoms with Crippen molar-refractivity contribution in [3.63, 3.8) is 0 Å². The number of hydrogen-bond donors (Lipinski definition) is 0. The summed E-state index contributed by atoms with van der Waals surface area (Å²) in [5.74, 6) is -0.0256. The van der Waals surface area contributed by atoms with E-state index in [1.807, 2.05) is 32.0 Å². The molecule has 2 amide bonds. The fourth-order valence-corrected chi connectivity index (χ4v) is 4.42. The number of rotatable bonds is 7. The van der Waals surface area contributed by atoms with Crippen molar-refractivity contribution < 1.29 is 22.7 Å². The molecule has 0 radical (unpaired) electrons. The van der Waals surface area contributed by atoms with E-state index in [0.717, 1.165) is 11.1 Å². The summed E-state index contributed by atoms with van der Waals surface area (Å²) in [4.78, 5) is 27.6. The number of hydrogen-bond acceptors (Lipinski definition) is 5. The number of aryl methyl sites for hydroxylation is 2. The Kier molecular flexibility index (Phi) is 7.89. The van der Waals surface area contributed by atoms with Crippen molar-refractivity contribution in [2.24, 2.45) is 0 Å². The second-order valence-electron chi connectivity index (χ2n) is 7.35. The van der Waals surface area contributed by atoms with Gasteiger partial charge in [-0.2, -0.15) is 0 Å². The predicted molar refractivity (Wildman–Crippen MR) is 113 cm³/mol. The van der Waals surface area contributed by atoms with Crippen molar-refractivity contribution in [1.82, 2.24) is 9.80 Å². The van der Waals surface area contributed by atoms with E-state index in [9.17, 15) is 18.0 Å². The van der Waals surface area contributed by atoms with E-state index in [-0.39, 0.29) is 25.0 Å². The highest BCUT2D eigenvalue weighted by atomic mass is 32.2. The Balaban J connectivity index is 1.90. The van der Waals surface area contributed by atoms with Crippen molar-refractivity contribution in [1.29, 1.82) is 0 Å². The third-order valence-corrected chi connectivity index (χ3v) is 6.00. The van der Waals surface area contributed by atoms with Crippen molar-refractivity contribution >= 4 is 27.7 Å². The van der Waals surface area contributed by atoms with Crippen LogP contribution in [-0.4, -0.2) is 75.8 Å². The van der Waals surface area contributed by atoms with Crippen molar-refractivity contribution in [2.45, 2.75) is 33.6 Å². The molecule has 0 bridgehead atoms. The van der Waals surface area contributed by atoms with Gasteiger partial charge in [-0.1, -0.05) is 6.07 Å². The van der Waals surface area contributed by atoms with Gasteiger partial charge in [-0.25, -0.2) is 13.2 Å². The minimum Gasteiger partial charge on any atom is -0.450 e. The molecule has 0 aromatic heterocycles. The first-order valence-electron chi connectivity index (χ1n) is 9.87. The molecule has 1 saturated heterocycles. The van der Waals surface area contributed by atoms with E-state index in [2.05, 4.69) is 0 Å². The summed E-state index contributed by atoms with van der Waals surface area (Å²) in [6.45, 7) is 8.01. The topological polar surface area (TPSA) is 87.2 Å². The first kappa shape index (κ1) is 23.0. The highest BCUT2D eigenvalue weighted by molar-refractivity contribution is 7.92. The maximum atomic E-state index is 12.5. The highest BCUT2D eigenvalue weighted by Gasteiger charge is 2.25. The summed E-state index contributed by atoms with van der Waals surface area (Å²) in [5, 5.41) is 0. The SMILES string of the molecule is CCOC(=O)N1CCN(C(=O)CCCN(c2cc(C)cc(C)c2)S(C)(=O)=O)CC1. The van der Waals surface area contributed by atoms with E-state index < -0.39 is 10.0 Å². The quantitative estimate of drug-likeness (QED) is 0.668. The van der Waals surface area contributed by atoms with Gasteiger partial charge in [0, 0.05) is 39.1 Å². The van der Waals surface area contributed by atoms with E-state index in [4.69, 9.17) is 4.74 Å². The van der Waals surface area contributed by atoms with E-state index in [1.165, 1.54) is 10.6 Å². The van der Waals surface area contributed by atoms with Crippen LogP contribution < -0.4 is 4.31 Å². The van der Waals surface area contributed by atoms with Gasteiger partial charge in [-0.3, -0.25) is 9.10 Å². The zero-order chi connectivity index (χ0) is 21.6. The lowest BCUT2D eigenvalue weighted by molar-refractivity contribution is -0.132. The lowest BCUT2D eigenvalue weighted by Crippen LogP contribution is -2.50. The summed E-state index contributed by atoms with van der Waals surface area (Å²) in [5.41, 5.74) is 2.61. The third kappa shape index (κ3) is 6.62. The van der Waals surface area contributed by atoms with E-state index in [0.29, 0.717) is 44.9 Å². The van der Waals surface area contributed by atoms with Crippen LogP contribution in [0.2, 0.25) is 0 Å². The van der Waals surface area contributed by atoms with Crippen LogP contribution in [0.15, 0.2) is 18.2 Å². The summed E-state index contributed by atoms with van der Waals surface area (Å²) in [7, 11) is -3.45. The Morgan fingerprint density at radius 3 is 2.10 bits per heavy atom. The Hall–Kier alpha value is -2.29. The molecule has 0 aliphatic carbocycles. The van der Waals surface area contributed by atoms with E-state index >= 15 is 0 Å². The molecule has 1 aliphatic heterocycles. The minimum atomic E-state index is -3.45. The molecule has 162 valence electrons. The molecule has 1 aromatic carbocycles. The average molecular weight is 426 g/mol. The second-order valence-corrected chi connectivity index (χ2v) is 9.26.